The SMILES string of the molecule is Cc1ccc(S(=O)(=O)N2CCC[C@@H](C(=O)N/N=C\c3ccncc3)C2)cc1. The summed E-state index contributed by atoms with van der Waals surface area (Å²) in [5, 5.41) is 3.95. The number of nitrogens with one attached hydrogen (secondary N) is 1. The fourth-order valence-electron chi connectivity index (χ4n) is 2.95. The number of nitrogens with zero attached hydrogens (tertiary/aromatic N) is 3. The second kappa shape index (κ2) is 8.41. The number of carbonyl (C=O) groups excluding carboxylic acids is 1. The molecule has 0 radical (unpaired) electrons. The molecule has 2 heterocycles. The molecule has 1 saturated heterocycles. The van der Waals surface area contributed by atoms with Crippen LogP contribution in [0.15, 0.2) is 58.8 Å². The molecule has 0 aliphatic carbocycles. The summed E-state index contributed by atoms with van der Waals surface area (Å²) in [6.07, 6.45) is 6.08. The lowest BCUT2D eigenvalue weighted by atomic mass is 9.99. The van der Waals surface area contributed by atoms with Crippen LogP contribution in [0.3, 0.4) is 0 Å². The Hall–Kier alpha value is -2.58. The number of aryl methyl sites for hydroxylation is 1. The molecule has 27 heavy (non-hydrogen) atoms. The van der Waals surface area contributed by atoms with Crippen LogP contribution in [0.4, 0.5) is 0 Å². The predicted molar refractivity (Wildman–Crippen MR) is 103 cm³/mol. The summed E-state index contributed by atoms with van der Waals surface area (Å²) < 4.78 is 27.0. The molecule has 1 aromatic carbocycles. The van der Waals surface area contributed by atoms with E-state index in [0.717, 1.165) is 11.1 Å². The van der Waals surface area contributed by atoms with Crippen LogP contribution < -0.4 is 5.43 Å². The van der Waals surface area contributed by atoms with Crippen molar-refractivity contribution in [1.29, 1.82) is 0 Å². The number of amides is 1. The van der Waals surface area contributed by atoms with Crippen molar-refractivity contribution in [3.8, 4) is 0 Å². The summed E-state index contributed by atoms with van der Waals surface area (Å²) in [6, 6.07) is 10.3. The van der Waals surface area contributed by atoms with E-state index < -0.39 is 15.9 Å². The number of hydrogen-bond donors (Lipinski definition) is 1. The maximum atomic E-state index is 12.8. The third kappa shape index (κ3) is 4.78. The number of pyridine rings is 1. The second-order valence-corrected chi connectivity index (χ2v) is 8.47. The summed E-state index contributed by atoms with van der Waals surface area (Å²) in [5.41, 5.74) is 4.32. The molecule has 0 unspecified atom stereocenters. The minimum atomic E-state index is -3.60. The van der Waals surface area contributed by atoms with Gasteiger partial charge in [-0.15, -0.1) is 0 Å². The summed E-state index contributed by atoms with van der Waals surface area (Å²) in [7, 11) is -3.60. The Morgan fingerprint density at radius 1 is 1.22 bits per heavy atom. The normalized spacial score (nSPS) is 18.5. The van der Waals surface area contributed by atoms with Crippen molar-refractivity contribution < 1.29 is 13.2 Å². The minimum Gasteiger partial charge on any atom is -0.273 e. The van der Waals surface area contributed by atoms with Crippen LogP contribution in [-0.4, -0.2) is 42.9 Å². The first-order valence-electron chi connectivity index (χ1n) is 8.76. The zero-order chi connectivity index (χ0) is 19.3. The molecule has 2 aromatic rings. The number of sulfonamides is 1. The standard InChI is InChI=1S/C19H22N4O3S/c1-15-4-6-18(7-5-15)27(25,26)23-12-2-3-17(14-23)19(24)22-21-13-16-8-10-20-11-9-16/h4-11,13,17H,2-3,12,14H2,1H3,(H,22,24)/b21-13-/t17-/m1/s1. The average Bonchev–Trinajstić information content (AvgIpc) is 2.69. The van der Waals surface area contributed by atoms with Crippen LogP contribution in [0.2, 0.25) is 0 Å². The topological polar surface area (TPSA) is 91.7 Å². The first-order valence-corrected chi connectivity index (χ1v) is 10.2. The van der Waals surface area contributed by atoms with Crippen LogP contribution in [0, 0.1) is 12.8 Å². The van der Waals surface area contributed by atoms with E-state index in [0.29, 0.717) is 19.4 Å². The Balaban J connectivity index is 1.64. The lowest BCUT2D eigenvalue weighted by Crippen LogP contribution is -2.44. The van der Waals surface area contributed by atoms with Crippen molar-refractivity contribution in [2.45, 2.75) is 24.7 Å². The fourth-order valence-corrected chi connectivity index (χ4v) is 4.47. The molecule has 7 nitrogen and oxygen atoms in total. The first-order chi connectivity index (χ1) is 13.0. The number of rotatable bonds is 5. The molecule has 1 amide bonds. The fraction of sp³-hybridized carbons (Fsp3) is 0.316. The molecule has 142 valence electrons. The van der Waals surface area contributed by atoms with Gasteiger partial charge in [0.05, 0.1) is 17.0 Å². The highest BCUT2D eigenvalue weighted by Crippen LogP contribution is 2.24. The number of benzene rings is 1. The average molecular weight is 386 g/mol. The van der Waals surface area contributed by atoms with Gasteiger partial charge < -0.3 is 0 Å². The third-order valence-corrected chi connectivity index (χ3v) is 6.39. The largest absolute Gasteiger partial charge is 0.273 e. The zero-order valence-corrected chi connectivity index (χ0v) is 15.9. The van der Waals surface area contributed by atoms with E-state index >= 15 is 0 Å². The number of hydrogen-bond acceptors (Lipinski definition) is 5. The van der Waals surface area contributed by atoms with Crippen molar-refractivity contribution >= 4 is 22.1 Å². The van der Waals surface area contributed by atoms with Gasteiger partial charge in [0.1, 0.15) is 0 Å². The molecule has 1 N–H and O–H groups in total. The highest BCUT2D eigenvalue weighted by Gasteiger charge is 2.33. The Labute approximate surface area is 159 Å². The highest BCUT2D eigenvalue weighted by molar-refractivity contribution is 7.89. The molecule has 1 fully saturated rings. The molecular weight excluding hydrogens is 364 g/mol. The van der Waals surface area contributed by atoms with Gasteiger partial charge in [-0.2, -0.15) is 9.41 Å². The van der Waals surface area contributed by atoms with E-state index in [1.807, 2.05) is 6.92 Å². The molecule has 3 rings (SSSR count). The van der Waals surface area contributed by atoms with Crippen molar-refractivity contribution in [1.82, 2.24) is 14.7 Å². The second-order valence-electron chi connectivity index (χ2n) is 6.53. The van der Waals surface area contributed by atoms with Crippen LogP contribution in [0.1, 0.15) is 24.0 Å². The first kappa shape index (κ1) is 19.2. The lowest BCUT2D eigenvalue weighted by Gasteiger charge is -2.30. The van der Waals surface area contributed by atoms with Gasteiger partial charge in [-0.25, -0.2) is 13.8 Å². The summed E-state index contributed by atoms with van der Waals surface area (Å²) in [4.78, 5) is 16.5. The molecule has 0 saturated carbocycles. The molecule has 0 spiro atoms. The van der Waals surface area contributed by atoms with Crippen LogP contribution >= 0.6 is 0 Å². The Kier molecular flexibility index (Phi) is 5.98. The number of carbonyl (C=O) groups is 1. The van der Waals surface area contributed by atoms with Gasteiger partial charge in [-0.05, 0) is 49.6 Å². The molecule has 1 aliphatic heterocycles. The van der Waals surface area contributed by atoms with Crippen molar-refractivity contribution in [3.63, 3.8) is 0 Å². The van der Waals surface area contributed by atoms with Crippen molar-refractivity contribution in [2.24, 2.45) is 11.0 Å². The van der Waals surface area contributed by atoms with Crippen molar-refractivity contribution in [3.05, 3.63) is 59.9 Å². The highest BCUT2D eigenvalue weighted by atomic mass is 32.2. The minimum absolute atomic E-state index is 0.160. The van der Waals surface area contributed by atoms with E-state index in [-0.39, 0.29) is 17.3 Å². The summed E-state index contributed by atoms with van der Waals surface area (Å²) in [6.45, 7) is 2.48. The van der Waals surface area contributed by atoms with E-state index in [2.05, 4.69) is 15.5 Å². The molecular formula is C19H22N4O3S. The van der Waals surface area contributed by atoms with Gasteiger partial charge >= 0.3 is 0 Å². The zero-order valence-electron chi connectivity index (χ0n) is 15.1. The monoisotopic (exact) mass is 386 g/mol. The molecule has 0 bridgehead atoms. The van der Waals surface area contributed by atoms with E-state index in [4.69, 9.17) is 0 Å². The Bertz CT molecular complexity index is 912. The number of hydrazone groups is 1. The third-order valence-electron chi connectivity index (χ3n) is 4.51. The predicted octanol–water partition coefficient (Wildman–Crippen LogP) is 1.94. The van der Waals surface area contributed by atoms with Gasteiger partial charge in [-0.3, -0.25) is 9.78 Å². The van der Waals surface area contributed by atoms with Gasteiger partial charge in [0.15, 0.2) is 0 Å². The maximum absolute atomic E-state index is 12.8. The van der Waals surface area contributed by atoms with Gasteiger partial charge in [0.25, 0.3) is 0 Å². The van der Waals surface area contributed by atoms with Gasteiger partial charge in [0, 0.05) is 25.5 Å². The van der Waals surface area contributed by atoms with E-state index in [9.17, 15) is 13.2 Å². The van der Waals surface area contributed by atoms with E-state index in [1.54, 1.807) is 48.8 Å². The summed E-state index contributed by atoms with van der Waals surface area (Å²) >= 11 is 0. The van der Waals surface area contributed by atoms with Crippen LogP contribution in [-0.2, 0) is 14.8 Å². The quantitative estimate of drug-likeness (QED) is 0.628. The smallest absolute Gasteiger partial charge is 0.244 e. The van der Waals surface area contributed by atoms with E-state index in [1.165, 1.54) is 10.5 Å². The van der Waals surface area contributed by atoms with Crippen LogP contribution in [0.25, 0.3) is 0 Å². The number of aromatic nitrogens is 1. The van der Waals surface area contributed by atoms with Gasteiger partial charge in [0.2, 0.25) is 15.9 Å². The maximum Gasteiger partial charge on any atom is 0.244 e. The summed E-state index contributed by atoms with van der Waals surface area (Å²) in [5.74, 6) is -0.697. The van der Waals surface area contributed by atoms with Crippen LogP contribution in [0.5, 0.6) is 0 Å². The Morgan fingerprint density at radius 3 is 2.63 bits per heavy atom. The van der Waals surface area contributed by atoms with Gasteiger partial charge in [-0.1, -0.05) is 17.7 Å². The Morgan fingerprint density at radius 2 is 1.93 bits per heavy atom. The van der Waals surface area contributed by atoms with Crippen molar-refractivity contribution in [2.75, 3.05) is 13.1 Å². The molecule has 1 atom stereocenters. The molecule has 8 heteroatoms. The lowest BCUT2D eigenvalue weighted by molar-refractivity contribution is -0.126. The number of piperidine rings is 1. The molecule has 1 aliphatic rings. The molecule has 1 aromatic heterocycles.